The van der Waals surface area contributed by atoms with Gasteiger partial charge >= 0.3 is 0 Å². The lowest BCUT2D eigenvalue weighted by atomic mass is 9.36. The quantitative estimate of drug-likeness (QED) is 0.141. The van der Waals surface area contributed by atoms with Crippen LogP contribution in [0.15, 0.2) is 243 Å². The third-order valence-corrected chi connectivity index (χ3v) is 21.2. The topological polar surface area (TPSA) is 14.7 Å². The van der Waals surface area contributed by atoms with Gasteiger partial charge < -0.3 is 19.3 Å². The molecule has 0 atom stereocenters. The summed E-state index contributed by atoms with van der Waals surface area (Å²) < 4.78 is 5.09. The van der Waals surface area contributed by atoms with Crippen LogP contribution in [0.25, 0.3) is 59.8 Å². The van der Waals surface area contributed by atoms with Gasteiger partial charge in [-0.1, -0.05) is 243 Å². The molecule has 0 radical (unpaired) electrons. The number of para-hydroxylation sites is 2. The molecule has 0 spiro atoms. The highest BCUT2D eigenvalue weighted by molar-refractivity contribution is 7.33. The predicted octanol–water partition coefficient (Wildman–Crippen LogP) is 23.4. The van der Waals surface area contributed by atoms with Crippen LogP contribution in [-0.2, 0) is 27.1 Å². The molecule has 2 aliphatic heterocycles. The fraction of sp³-hybridized carbons (Fsp3) is 0.227. The van der Waals surface area contributed by atoms with Crippen molar-refractivity contribution in [1.82, 2.24) is 4.57 Å². The van der Waals surface area contributed by atoms with Gasteiger partial charge in [0.2, 0.25) is 0 Å². The fourth-order valence-electron chi connectivity index (χ4n) is 14.6. The zero-order chi connectivity index (χ0) is 65.5. The van der Waals surface area contributed by atoms with Crippen LogP contribution in [0.5, 0.6) is 0 Å². The fourth-order valence-corrected chi connectivity index (χ4v) is 15.9. The van der Waals surface area contributed by atoms with Crippen molar-refractivity contribution in [3.05, 3.63) is 270 Å². The standard InChI is InChI=1S/C88H85BN4S/c1-84(2,3)59-31-40-65(41-32-59)90(66-42-33-60(34-43-66)85(4,5)6)76-55-77-73(54-71(76)56-24-18-16-19-25-56)89-81-78(92(77)67-44-35-61(36-45-67)86(7,8)9)51-58(57-30-48-70-69-28-22-23-29-74(69)91(75(70)50-57)64-26-20-17-21-27-64)52-79(81)93(68-46-37-62(38-47-68)87(10,11)12)82-72-53-63(88(13,14)15)39-49-80(72)94-83(82)89/h16-55H,1-15H3. The van der Waals surface area contributed by atoms with E-state index in [1.165, 1.54) is 98.0 Å². The number of benzene rings is 11. The third-order valence-electron chi connectivity index (χ3n) is 20.0. The molecule has 11 aromatic carbocycles. The number of hydrogen-bond donors (Lipinski definition) is 0. The Hall–Kier alpha value is -9.36. The average Bonchev–Trinajstić information content (AvgIpc) is 1.23. The van der Waals surface area contributed by atoms with Crippen LogP contribution in [0.1, 0.15) is 132 Å². The Bertz CT molecular complexity index is 5000. The molecule has 2 aliphatic rings. The molecule has 4 heterocycles. The molecule has 0 saturated carbocycles. The van der Waals surface area contributed by atoms with Crippen molar-refractivity contribution in [1.29, 1.82) is 0 Å². The number of aromatic nitrogens is 1. The molecule has 94 heavy (non-hydrogen) atoms. The van der Waals surface area contributed by atoms with Crippen molar-refractivity contribution in [2.45, 2.75) is 131 Å². The lowest BCUT2D eigenvalue weighted by Crippen LogP contribution is -2.60. The zero-order valence-electron chi connectivity index (χ0n) is 57.4. The summed E-state index contributed by atoms with van der Waals surface area (Å²) in [6, 6.07) is 93.4. The second kappa shape index (κ2) is 22.1. The molecule has 0 fully saturated rings. The van der Waals surface area contributed by atoms with E-state index in [1.807, 2.05) is 11.3 Å². The summed E-state index contributed by atoms with van der Waals surface area (Å²) in [5.41, 5.74) is 27.3. The smallest absolute Gasteiger partial charge is 0.264 e. The van der Waals surface area contributed by atoms with Crippen LogP contribution in [0, 0.1) is 0 Å². The minimum Gasteiger partial charge on any atom is -0.311 e. The maximum atomic E-state index is 2.66. The van der Waals surface area contributed by atoms with Gasteiger partial charge in [0.05, 0.1) is 22.4 Å². The minimum atomic E-state index is -0.153. The maximum absolute atomic E-state index is 2.66. The first-order valence-corrected chi connectivity index (χ1v) is 34.5. The molecule has 15 rings (SSSR count). The van der Waals surface area contributed by atoms with Gasteiger partial charge in [-0.05, 0) is 186 Å². The summed E-state index contributed by atoms with van der Waals surface area (Å²) in [7, 11) is 0. The second-order valence-electron chi connectivity index (χ2n) is 31.5. The van der Waals surface area contributed by atoms with Crippen molar-refractivity contribution in [3.8, 4) is 27.9 Å². The van der Waals surface area contributed by atoms with E-state index in [0.29, 0.717) is 0 Å². The average molecular weight is 1240 g/mol. The lowest BCUT2D eigenvalue weighted by molar-refractivity contribution is 0.590. The summed E-state index contributed by atoms with van der Waals surface area (Å²) in [5.74, 6) is 0. The highest BCUT2D eigenvalue weighted by Crippen LogP contribution is 2.53. The summed E-state index contributed by atoms with van der Waals surface area (Å²) >= 11 is 1.97. The number of hydrogen-bond acceptors (Lipinski definition) is 4. The van der Waals surface area contributed by atoms with E-state index in [0.717, 1.165) is 56.5 Å². The van der Waals surface area contributed by atoms with E-state index < -0.39 is 0 Å². The molecule has 0 amide bonds. The molecule has 0 saturated heterocycles. The number of anilines is 9. The van der Waals surface area contributed by atoms with Crippen molar-refractivity contribution < 1.29 is 0 Å². The van der Waals surface area contributed by atoms with Crippen LogP contribution in [0.4, 0.5) is 51.2 Å². The van der Waals surface area contributed by atoms with Gasteiger partial charge in [-0.15, -0.1) is 11.3 Å². The molecular formula is C88H85BN4S. The first kappa shape index (κ1) is 60.9. The molecule has 0 unspecified atom stereocenters. The van der Waals surface area contributed by atoms with E-state index in [2.05, 4.69) is 366 Å². The predicted molar refractivity (Wildman–Crippen MR) is 409 cm³/mol. The van der Waals surface area contributed by atoms with Crippen LogP contribution in [0.3, 0.4) is 0 Å². The molecule has 4 nitrogen and oxygen atoms in total. The van der Waals surface area contributed by atoms with Crippen LogP contribution < -0.4 is 30.4 Å². The van der Waals surface area contributed by atoms with E-state index in [4.69, 9.17) is 0 Å². The molecule has 466 valence electrons. The second-order valence-corrected chi connectivity index (χ2v) is 32.6. The van der Waals surface area contributed by atoms with Gasteiger partial charge in [0.15, 0.2) is 0 Å². The SMILES string of the molecule is CC(C)(C)c1ccc(N(c2ccc(C(C)(C)C)cc2)c2cc3c(cc2-c2ccccc2)B2c4sc5ccc(C(C)(C)C)cc5c4N(c4ccc(C(C)(C)C)cc4)c4cc(-c5ccc6c7ccccc7n(-c7ccccc7)c6c5)cc(c42)N3c2ccc(C(C)(C)C)cc2)cc1. The van der Waals surface area contributed by atoms with Crippen LogP contribution >= 0.6 is 11.3 Å². The van der Waals surface area contributed by atoms with E-state index >= 15 is 0 Å². The Morgan fingerprint density at radius 3 is 1.37 bits per heavy atom. The van der Waals surface area contributed by atoms with Crippen LogP contribution in [-0.4, -0.2) is 11.3 Å². The molecular weight excluding hydrogens is 1160 g/mol. The normalized spacial score (nSPS) is 13.4. The monoisotopic (exact) mass is 1240 g/mol. The largest absolute Gasteiger partial charge is 0.311 e. The minimum absolute atomic E-state index is 0.0237. The number of nitrogens with zero attached hydrogens (tertiary/aromatic N) is 4. The van der Waals surface area contributed by atoms with Gasteiger partial charge in [-0.25, -0.2) is 0 Å². The molecule has 2 aromatic heterocycles. The molecule has 0 N–H and O–H groups in total. The Morgan fingerprint density at radius 1 is 0.340 bits per heavy atom. The van der Waals surface area contributed by atoms with Gasteiger partial charge in [-0.3, -0.25) is 0 Å². The Morgan fingerprint density at radius 2 is 0.819 bits per heavy atom. The van der Waals surface area contributed by atoms with Gasteiger partial charge in [0, 0.05) is 76.7 Å². The summed E-state index contributed by atoms with van der Waals surface area (Å²) in [6.45, 7) is 34.6. The van der Waals surface area contributed by atoms with Crippen LogP contribution in [0.2, 0.25) is 0 Å². The first-order chi connectivity index (χ1) is 44.8. The van der Waals surface area contributed by atoms with E-state index in [1.54, 1.807) is 0 Å². The van der Waals surface area contributed by atoms with Crippen molar-refractivity contribution in [2.75, 3.05) is 14.7 Å². The zero-order valence-corrected chi connectivity index (χ0v) is 58.2. The van der Waals surface area contributed by atoms with Gasteiger partial charge in [-0.2, -0.15) is 0 Å². The van der Waals surface area contributed by atoms with Crippen molar-refractivity contribution >= 4 is 117 Å². The van der Waals surface area contributed by atoms with Crippen molar-refractivity contribution in [3.63, 3.8) is 0 Å². The lowest BCUT2D eigenvalue weighted by Gasteiger charge is -2.44. The van der Waals surface area contributed by atoms with Gasteiger partial charge in [0.1, 0.15) is 0 Å². The highest BCUT2D eigenvalue weighted by atomic mass is 32.1. The molecule has 0 aliphatic carbocycles. The number of fused-ring (bicyclic) bond motifs is 9. The number of thiophene rings is 1. The molecule has 0 bridgehead atoms. The summed E-state index contributed by atoms with van der Waals surface area (Å²) in [5, 5.41) is 3.75. The Kier molecular flexibility index (Phi) is 14.3. The Balaban J connectivity index is 1.09. The van der Waals surface area contributed by atoms with E-state index in [9.17, 15) is 0 Å². The first-order valence-electron chi connectivity index (χ1n) is 33.7. The summed E-state index contributed by atoms with van der Waals surface area (Å²) in [4.78, 5) is 7.83. The van der Waals surface area contributed by atoms with Gasteiger partial charge in [0.25, 0.3) is 6.71 Å². The Labute approximate surface area is 561 Å². The number of rotatable bonds is 8. The molecule has 13 aromatic rings. The maximum Gasteiger partial charge on any atom is 0.264 e. The third kappa shape index (κ3) is 10.4. The summed E-state index contributed by atoms with van der Waals surface area (Å²) in [6.07, 6.45) is 0. The van der Waals surface area contributed by atoms with Crippen molar-refractivity contribution in [2.24, 2.45) is 0 Å². The highest BCUT2D eigenvalue weighted by Gasteiger charge is 2.47. The van der Waals surface area contributed by atoms with E-state index in [-0.39, 0.29) is 33.8 Å². The molecule has 6 heteroatoms.